The molecule has 0 fully saturated rings. The highest BCUT2D eigenvalue weighted by atomic mass is 32.2. The minimum absolute atomic E-state index is 0.0587. The van der Waals surface area contributed by atoms with Crippen LogP contribution in [0, 0.1) is 6.92 Å². The molecule has 1 aromatic heterocycles. The van der Waals surface area contributed by atoms with E-state index in [-0.39, 0.29) is 29.5 Å². The minimum atomic E-state index is -4.87. The number of nitrogens with zero attached hydrogens (tertiary/aromatic N) is 3. The van der Waals surface area contributed by atoms with Crippen molar-refractivity contribution in [2.75, 3.05) is 22.3 Å². The Morgan fingerprint density at radius 2 is 1.78 bits per heavy atom. The monoisotopic (exact) mass is 536 g/mol. The standard InChI is InChI=1S/C24H23F3N4O5S/c1-17-6-3-4-7-20(17)22(28-21-8-5-13-30(23(21)33)14-15-37(2,34)35)29-31(16-32)18-9-11-19(12-10-18)36-24(25,26)27/h3-13,16H,14-15H2,1-2H3,(H,28,29). The van der Waals surface area contributed by atoms with E-state index in [0.717, 1.165) is 29.0 Å². The van der Waals surface area contributed by atoms with Crippen LogP contribution in [0.25, 0.3) is 0 Å². The first-order valence-corrected chi connectivity index (χ1v) is 12.8. The van der Waals surface area contributed by atoms with E-state index in [4.69, 9.17) is 0 Å². The maximum atomic E-state index is 13.0. The number of benzene rings is 2. The summed E-state index contributed by atoms with van der Waals surface area (Å²) < 4.78 is 65.5. The van der Waals surface area contributed by atoms with Gasteiger partial charge in [0.1, 0.15) is 21.3 Å². The van der Waals surface area contributed by atoms with E-state index < -0.39 is 27.5 Å². The number of aryl methyl sites for hydroxylation is 2. The fourth-order valence-corrected chi connectivity index (χ4v) is 3.76. The van der Waals surface area contributed by atoms with E-state index in [1.54, 1.807) is 37.3 Å². The van der Waals surface area contributed by atoms with Crippen molar-refractivity contribution in [3.05, 3.63) is 88.3 Å². The molecule has 1 heterocycles. The Morgan fingerprint density at radius 3 is 2.38 bits per heavy atom. The normalized spacial score (nSPS) is 12.2. The molecule has 2 aromatic carbocycles. The second-order valence-corrected chi connectivity index (χ2v) is 10.2. The van der Waals surface area contributed by atoms with Crippen LogP contribution in [0.5, 0.6) is 5.75 Å². The van der Waals surface area contributed by atoms with Crippen molar-refractivity contribution in [1.82, 2.24) is 4.57 Å². The van der Waals surface area contributed by atoms with E-state index in [1.165, 1.54) is 29.0 Å². The van der Waals surface area contributed by atoms with Gasteiger partial charge < -0.3 is 14.6 Å². The molecule has 0 radical (unpaired) electrons. The van der Waals surface area contributed by atoms with Crippen LogP contribution in [0.3, 0.4) is 0 Å². The van der Waals surface area contributed by atoms with Crippen LogP contribution in [0.2, 0.25) is 0 Å². The Bertz CT molecular complexity index is 1450. The summed E-state index contributed by atoms with van der Waals surface area (Å²) in [4.78, 5) is 24.9. The predicted molar refractivity (Wildman–Crippen MR) is 133 cm³/mol. The van der Waals surface area contributed by atoms with Crippen LogP contribution in [-0.4, -0.2) is 43.6 Å². The highest BCUT2D eigenvalue weighted by Crippen LogP contribution is 2.25. The molecule has 0 bridgehead atoms. The predicted octanol–water partition coefficient (Wildman–Crippen LogP) is 3.54. The molecule has 0 atom stereocenters. The van der Waals surface area contributed by atoms with Gasteiger partial charge in [0.25, 0.3) is 5.56 Å². The first-order chi connectivity index (χ1) is 17.4. The number of hydrazone groups is 1. The lowest BCUT2D eigenvalue weighted by Crippen LogP contribution is -2.29. The lowest BCUT2D eigenvalue weighted by atomic mass is 10.1. The fourth-order valence-electron chi connectivity index (χ4n) is 3.24. The molecule has 0 saturated carbocycles. The molecule has 0 aliphatic carbocycles. The lowest BCUT2D eigenvalue weighted by molar-refractivity contribution is -0.274. The summed E-state index contributed by atoms with van der Waals surface area (Å²) in [6.07, 6.45) is -1.99. The van der Waals surface area contributed by atoms with E-state index >= 15 is 0 Å². The number of rotatable bonds is 9. The minimum Gasteiger partial charge on any atom is -0.406 e. The maximum absolute atomic E-state index is 13.0. The number of ether oxygens (including phenoxy) is 1. The summed E-state index contributed by atoms with van der Waals surface area (Å²) >= 11 is 0. The van der Waals surface area contributed by atoms with Gasteiger partial charge in [0.05, 0.1) is 11.4 Å². The largest absolute Gasteiger partial charge is 0.573 e. The van der Waals surface area contributed by atoms with Crippen molar-refractivity contribution in [2.45, 2.75) is 19.8 Å². The SMILES string of the molecule is Cc1ccccc1/C(=N\N(C=O)c1ccc(OC(F)(F)F)cc1)Nc1cccn(CCS(C)(=O)=O)c1=O. The number of hydrogen-bond acceptors (Lipinski definition) is 6. The summed E-state index contributed by atoms with van der Waals surface area (Å²) in [5.41, 5.74) is 0.978. The molecule has 3 aromatic rings. The topological polar surface area (TPSA) is 110 Å². The molecule has 0 aliphatic rings. The van der Waals surface area contributed by atoms with Crippen molar-refractivity contribution in [1.29, 1.82) is 0 Å². The second-order valence-electron chi connectivity index (χ2n) is 7.93. The van der Waals surface area contributed by atoms with Gasteiger partial charge in [-0.2, -0.15) is 0 Å². The summed E-state index contributed by atoms with van der Waals surface area (Å²) in [7, 11) is -3.31. The van der Waals surface area contributed by atoms with Crippen molar-refractivity contribution in [3.63, 3.8) is 0 Å². The number of carbonyl (C=O) groups excluding carboxylic acids is 1. The molecule has 13 heteroatoms. The zero-order valence-electron chi connectivity index (χ0n) is 19.8. The molecule has 9 nitrogen and oxygen atoms in total. The van der Waals surface area contributed by atoms with Crippen molar-refractivity contribution < 1.29 is 31.1 Å². The van der Waals surface area contributed by atoms with Gasteiger partial charge in [-0.05, 0) is 48.9 Å². The van der Waals surface area contributed by atoms with E-state index in [1.807, 2.05) is 0 Å². The molecule has 0 saturated heterocycles. The Kier molecular flexibility index (Phi) is 8.38. The molecule has 0 spiro atoms. The Balaban J connectivity index is 2.00. The number of pyridine rings is 1. The number of amides is 1. The lowest BCUT2D eigenvalue weighted by Gasteiger charge is -2.18. The smallest absolute Gasteiger partial charge is 0.406 e. The van der Waals surface area contributed by atoms with Gasteiger partial charge in [0, 0.05) is 24.6 Å². The molecule has 0 aliphatic heterocycles. The van der Waals surface area contributed by atoms with E-state index in [2.05, 4.69) is 15.2 Å². The van der Waals surface area contributed by atoms with Crippen LogP contribution in [0.15, 0.2) is 76.8 Å². The van der Waals surface area contributed by atoms with E-state index in [0.29, 0.717) is 12.0 Å². The van der Waals surface area contributed by atoms with Gasteiger partial charge >= 0.3 is 6.36 Å². The number of sulfone groups is 1. The van der Waals surface area contributed by atoms with Crippen molar-refractivity contribution >= 4 is 33.5 Å². The first-order valence-electron chi connectivity index (χ1n) is 10.8. The Hall–Kier alpha value is -4.13. The van der Waals surface area contributed by atoms with Gasteiger partial charge in [0.2, 0.25) is 6.41 Å². The van der Waals surface area contributed by atoms with Crippen LogP contribution in [0.4, 0.5) is 24.5 Å². The van der Waals surface area contributed by atoms with Crippen LogP contribution >= 0.6 is 0 Å². The van der Waals surface area contributed by atoms with Crippen LogP contribution in [0.1, 0.15) is 11.1 Å². The maximum Gasteiger partial charge on any atom is 0.573 e. The van der Waals surface area contributed by atoms with Crippen molar-refractivity contribution in [3.8, 4) is 5.75 Å². The average Bonchev–Trinajstić information content (AvgIpc) is 2.81. The quantitative estimate of drug-likeness (QED) is 0.194. The molecule has 1 N–H and O–H groups in total. The number of amidine groups is 1. The van der Waals surface area contributed by atoms with Crippen LogP contribution in [-0.2, 0) is 21.2 Å². The number of carbonyl (C=O) groups is 1. The highest BCUT2D eigenvalue weighted by molar-refractivity contribution is 7.90. The van der Waals surface area contributed by atoms with Gasteiger partial charge in [-0.1, -0.05) is 24.3 Å². The highest BCUT2D eigenvalue weighted by Gasteiger charge is 2.31. The summed E-state index contributed by atoms with van der Waals surface area (Å²) in [6, 6.07) is 14.5. The summed E-state index contributed by atoms with van der Waals surface area (Å²) in [6.45, 7) is 1.73. The second kappa shape index (κ2) is 11.3. The van der Waals surface area contributed by atoms with Gasteiger partial charge in [0.15, 0.2) is 5.84 Å². The number of halogens is 3. The van der Waals surface area contributed by atoms with E-state index in [9.17, 15) is 31.2 Å². The number of hydrogen-bond donors (Lipinski definition) is 1. The molecular formula is C24H23F3N4O5S. The molecule has 0 unspecified atom stereocenters. The third kappa shape index (κ3) is 7.93. The van der Waals surface area contributed by atoms with Gasteiger partial charge in [-0.25, -0.2) is 13.4 Å². The Morgan fingerprint density at radius 1 is 1.11 bits per heavy atom. The van der Waals surface area contributed by atoms with Crippen molar-refractivity contribution in [2.24, 2.45) is 5.10 Å². The average molecular weight is 537 g/mol. The van der Waals surface area contributed by atoms with Crippen LogP contribution < -0.4 is 20.6 Å². The zero-order valence-corrected chi connectivity index (χ0v) is 20.6. The number of aromatic nitrogens is 1. The third-order valence-corrected chi connectivity index (χ3v) is 5.94. The molecule has 3 rings (SSSR count). The molecule has 196 valence electrons. The third-order valence-electron chi connectivity index (χ3n) is 5.02. The zero-order chi connectivity index (χ0) is 27.2. The molecule has 37 heavy (non-hydrogen) atoms. The fraction of sp³-hybridized carbons (Fsp3) is 0.208. The van der Waals surface area contributed by atoms with Gasteiger partial charge in [-0.15, -0.1) is 18.3 Å². The molecular weight excluding hydrogens is 513 g/mol. The number of nitrogens with one attached hydrogen (secondary N) is 1. The summed E-state index contributed by atoms with van der Waals surface area (Å²) in [5.74, 6) is -0.608. The molecule has 1 amide bonds. The Labute approximate surface area is 210 Å². The number of alkyl halides is 3. The summed E-state index contributed by atoms with van der Waals surface area (Å²) in [5, 5.41) is 8.11. The number of anilines is 2. The van der Waals surface area contributed by atoms with Gasteiger partial charge in [-0.3, -0.25) is 9.59 Å². The first kappa shape index (κ1) is 27.5.